The van der Waals surface area contributed by atoms with Crippen molar-refractivity contribution in [2.75, 3.05) is 0 Å². The molecule has 0 aliphatic heterocycles. The van der Waals surface area contributed by atoms with Crippen LogP contribution in [0.15, 0.2) is 43.1 Å². The molecule has 19 heavy (non-hydrogen) atoms. The van der Waals surface area contributed by atoms with Crippen molar-refractivity contribution in [3.63, 3.8) is 0 Å². The van der Waals surface area contributed by atoms with E-state index in [0.717, 1.165) is 27.9 Å². The lowest BCUT2D eigenvalue weighted by Crippen LogP contribution is -1.88. The minimum absolute atomic E-state index is 0.644. The third-order valence-electron chi connectivity index (χ3n) is 2.92. The van der Waals surface area contributed by atoms with E-state index in [1.54, 1.807) is 18.6 Å². The van der Waals surface area contributed by atoms with E-state index < -0.39 is 0 Å². The van der Waals surface area contributed by atoms with E-state index in [1.807, 2.05) is 18.2 Å². The summed E-state index contributed by atoms with van der Waals surface area (Å²) in [6.45, 7) is 0. The standard InChI is InChI=1S/C13H8N6/c1-2-8(11-9(3-1)15-4-5-16-11)12-18-10-6-14-7-17-13(10)19-12/h1-7H,(H,14,17,18,19). The molecule has 0 fully saturated rings. The summed E-state index contributed by atoms with van der Waals surface area (Å²) in [5, 5.41) is 0. The first-order valence-corrected chi connectivity index (χ1v) is 5.78. The number of rotatable bonds is 1. The molecule has 0 aliphatic carbocycles. The Hall–Kier alpha value is -2.89. The Morgan fingerprint density at radius 1 is 1.00 bits per heavy atom. The van der Waals surface area contributed by atoms with Gasteiger partial charge in [-0.15, -0.1) is 0 Å². The molecule has 1 aromatic carbocycles. The van der Waals surface area contributed by atoms with Crippen LogP contribution in [0.3, 0.4) is 0 Å². The summed E-state index contributed by atoms with van der Waals surface area (Å²) in [6, 6.07) is 5.82. The fraction of sp³-hybridized carbons (Fsp3) is 0. The Balaban J connectivity index is 2.03. The fourth-order valence-corrected chi connectivity index (χ4v) is 2.07. The van der Waals surface area contributed by atoms with E-state index in [2.05, 4.69) is 29.9 Å². The maximum Gasteiger partial charge on any atom is 0.181 e. The van der Waals surface area contributed by atoms with Gasteiger partial charge < -0.3 is 4.98 Å². The smallest absolute Gasteiger partial charge is 0.181 e. The molecular weight excluding hydrogens is 240 g/mol. The third-order valence-corrected chi connectivity index (χ3v) is 2.92. The zero-order valence-corrected chi connectivity index (χ0v) is 9.78. The highest BCUT2D eigenvalue weighted by Gasteiger charge is 2.10. The number of para-hydroxylation sites is 1. The van der Waals surface area contributed by atoms with Gasteiger partial charge in [-0.1, -0.05) is 6.07 Å². The number of aromatic nitrogens is 6. The first-order valence-electron chi connectivity index (χ1n) is 5.78. The average molecular weight is 248 g/mol. The van der Waals surface area contributed by atoms with Crippen LogP contribution in [0.1, 0.15) is 0 Å². The lowest BCUT2D eigenvalue weighted by atomic mass is 10.1. The lowest BCUT2D eigenvalue weighted by molar-refractivity contribution is 1.20. The van der Waals surface area contributed by atoms with E-state index in [4.69, 9.17) is 0 Å². The van der Waals surface area contributed by atoms with E-state index in [-0.39, 0.29) is 0 Å². The quantitative estimate of drug-likeness (QED) is 0.557. The average Bonchev–Trinajstić information content (AvgIpc) is 2.90. The van der Waals surface area contributed by atoms with Gasteiger partial charge in [0.1, 0.15) is 17.7 Å². The van der Waals surface area contributed by atoms with Crippen molar-refractivity contribution >= 4 is 22.2 Å². The molecule has 6 heteroatoms. The predicted molar refractivity (Wildman–Crippen MR) is 70.2 cm³/mol. The molecule has 4 rings (SSSR count). The van der Waals surface area contributed by atoms with Gasteiger partial charge in [0.25, 0.3) is 0 Å². The van der Waals surface area contributed by atoms with Gasteiger partial charge in [0.05, 0.1) is 17.2 Å². The van der Waals surface area contributed by atoms with Crippen molar-refractivity contribution < 1.29 is 0 Å². The summed E-state index contributed by atoms with van der Waals surface area (Å²) in [7, 11) is 0. The van der Waals surface area contributed by atoms with Gasteiger partial charge in [-0.25, -0.2) is 15.0 Å². The number of H-pyrrole nitrogens is 1. The van der Waals surface area contributed by atoms with Crippen molar-refractivity contribution in [2.24, 2.45) is 0 Å². The monoisotopic (exact) mass is 248 g/mol. The van der Waals surface area contributed by atoms with Gasteiger partial charge in [0.15, 0.2) is 5.65 Å². The molecule has 3 aromatic heterocycles. The van der Waals surface area contributed by atoms with Crippen LogP contribution in [0.25, 0.3) is 33.6 Å². The summed E-state index contributed by atoms with van der Waals surface area (Å²) < 4.78 is 0. The van der Waals surface area contributed by atoms with Crippen LogP contribution in [0.2, 0.25) is 0 Å². The van der Waals surface area contributed by atoms with E-state index in [0.29, 0.717) is 5.65 Å². The summed E-state index contributed by atoms with van der Waals surface area (Å²) in [4.78, 5) is 24.4. The second-order valence-corrected chi connectivity index (χ2v) is 4.08. The minimum atomic E-state index is 0.644. The molecule has 90 valence electrons. The molecule has 0 radical (unpaired) electrons. The predicted octanol–water partition coefficient (Wildman–Crippen LogP) is 1.96. The van der Waals surface area contributed by atoms with Crippen LogP contribution in [0.4, 0.5) is 0 Å². The third kappa shape index (κ3) is 1.54. The van der Waals surface area contributed by atoms with E-state index >= 15 is 0 Å². The Morgan fingerprint density at radius 3 is 2.89 bits per heavy atom. The topological polar surface area (TPSA) is 80.2 Å². The first kappa shape index (κ1) is 10.1. The van der Waals surface area contributed by atoms with Crippen LogP contribution < -0.4 is 0 Å². The molecule has 0 amide bonds. The normalized spacial score (nSPS) is 11.2. The number of benzene rings is 1. The molecule has 0 aliphatic rings. The van der Waals surface area contributed by atoms with Gasteiger partial charge in [0.2, 0.25) is 0 Å². The lowest BCUT2D eigenvalue weighted by Gasteiger charge is -2.01. The summed E-state index contributed by atoms with van der Waals surface area (Å²) in [5.41, 5.74) is 4.01. The van der Waals surface area contributed by atoms with Crippen molar-refractivity contribution in [3.05, 3.63) is 43.1 Å². The van der Waals surface area contributed by atoms with Crippen LogP contribution >= 0.6 is 0 Å². The molecule has 0 unspecified atom stereocenters. The number of hydrogen-bond donors (Lipinski definition) is 1. The zero-order valence-electron chi connectivity index (χ0n) is 9.78. The number of aromatic amines is 1. The molecule has 6 nitrogen and oxygen atoms in total. The van der Waals surface area contributed by atoms with Crippen molar-refractivity contribution in [1.82, 2.24) is 29.9 Å². The first-order chi connectivity index (χ1) is 9.42. The van der Waals surface area contributed by atoms with Crippen molar-refractivity contribution in [3.8, 4) is 11.4 Å². The number of imidazole rings is 1. The summed E-state index contributed by atoms with van der Waals surface area (Å²) >= 11 is 0. The number of nitrogens with zero attached hydrogens (tertiary/aromatic N) is 5. The Bertz CT molecular complexity index is 844. The van der Waals surface area contributed by atoms with Gasteiger partial charge in [-0.2, -0.15) is 0 Å². The Kier molecular flexibility index (Phi) is 2.02. The van der Waals surface area contributed by atoms with Gasteiger partial charge in [-0.05, 0) is 12.1 Å². The van der Waals surface area contributed by atoms with E-state index in [9.17, 15) is 0 Å². The van der Waals surface area contributed by atoms with E-state index in [1.165, 1.54) is 6.33 Å². The minimum Gasteiger partial charge on any atom is -0.335 e. The molecule has 0 saturated heterocycles. The Morgan fingerprint density at radius 2 is 1.95 bits per heavy atom. The van der Waals surface area contributed by atoms with Gasteiger partial charge in [-0.3, -0.25) is 9.97 Å². The maximum atomic E-state index is 4.46. The maximum absolute atomic E-state index is 4.46. The second-order valence-electron chi connectivity index (χ2n) is 4.08. The molecule has 3 heterocycles. The highest BCUT2D eigenvalue weighted by atomic mass is 15.0. The fourth-order valence-electron chi connectivity index (χ4n) is 2.07. The molecule has 4 aromatic rings. The van der Waals surface area contributed by atoms with Crippen molar-refractivity contribution in [1.29, 1.82) is 0 Å². The largest absolute Gasteiger partial charge is 0.335 e. The summed E-state index contributed by atoms with van der Waals surface area (Å²) in [6.07, 6.45) is 6.54. The zero-order chi connectivity index (χ0) is 12.7. The number of fused-ring (bicyclic) bond motifs is 2. The SMILES string of the molecule is c1cc(-c2nc3ncncc3[nH]2)c2nccnc2c1. The van der Waals surface area contributed by atoms with Crippen molar-refractivity contribution in [2.45, 2.75) is 0 Å². The van der Waals surface area contributed by atoms with Gasteiger partial charge in [0, 0.05) is 18.0 Å². The highest BCUT2D eigenvalue weighted by Crippen LogP contribution is 2.24. The molecular formula is C13H8N6. The number of hydrogen-bond acceptors (Lipinski definition) is 5. The van der Waals surface area contributed by atoms with Gasteiger partial charge >= 0.3 is 0 Å². The molecule has 0 atom stereocenters. The van der Waals surface area contributed by atoms with Crippen LogP contribution in [0, 0.1) is 0 Å². The molecule has 0 bridgehead atoms. The number of nitrogens with one attached hydrogen (secondary N) is 1. The van der Waals surface area contributed by atoms with Crippen LogP contribution in [-0.4, -0.2) is 29.9 Å². The highest BCUT2D eigenvalue weighted by molar-refractivity contribution is 5.90. The molecule has 0 spiro atoms. The molecule has 1 N–H and O–H groups in total. The Labute approximate surface area is 107 Å². The second kappa shape index (κ2) is 3.81. The summed E-state index contributed by atoms with van der Waals surface area (Å²) in [5.74, 6) is 0.724. The molecule has 0 saturated carbocycles. The van der Waals surface area contributed by atoms with Crippen LogP contribution in [0.5, 0.6) is 0 Å². The van der Waals surface area contributed by atoms with Crippen LogP contribution in [-0.2, 0) is 0 Å².